The summed E-state index contributed by atoms with van der Waals surface area (Å²) in [5, 5.41) is 8.54. The lowest BCUT2D eigenvalue weighted by molar-refractivity contribution is -0.124. The van der Waals surface area contributed by atoms with Crippen molar-refractivity contribution >= 4 is 39.0 Å². The molecule has 0 atom stereocenters. The Morgan fingerprint density at radius 3 is 2.72 bits per heavy atom. The van der Waals surface area contributed by atoms with Crippen LogP contribution < -0.4 is 10.4 Å². The van der Waals surface area contributed by atoms with Gasteiger partial charge in [-0.2, -0.15) is 8.42 Å². The van der Waals surface area contributed by atoms with Gasteiger partial charge in [-0.3, -0.25) is 10.0 Å². The van der Waals surface area contributed by atoms with Crippen LogP contribution in [-0.2, 0) is 19.6 Å². The molecule has 1 aliphatic rings. The van der Waals surface area contributed by atoms with Gasteiger partial charge in [-0.05, 0) is 54.0 Å². The van der Waals surface area contributed by atoms with Gasteiger partial charge in [0.25, 0.3) is 15.9 Å². The Balaban J connectivity index is 1.61. The van der Waals surface area contributed by atoms with Crippen LogP contribution in [0.2, 0.25) is 0 Å². The smallest absolute Gasteiger partial charge is 0.277 e. The summed E-state index contributed by atoms with van der Waals surface area (Å²) in [6.45, 7) is 5.12. The van der Waals surface area contributed by atoms with Gasteiger partial charge in [-0.15, -0.1) is 11.3 Å². The number of amides is 1. The minimum Gasteiger partial charge on any atom is -0.378 e. The first-order valence-corrected chi connectivity index (χ1v) is 12.2. The Morgan fingerprint density at radius 2 is 1.97 bits per heavy atom. The van der Waals surface area contributed by atoms with Gasteiger partial charge < -0.3 is 9.64 Å². The quantitative estimate of drug-likeness (QED) is 0.324. The number of nitrogens with zero attached hydrogens (tertiary/aromatic N) is 2. The Labute approximate surface area is 190 Å². The molecule has 1 aromatic carbocycles. The molecule has 0 aliphatic carbocycles. The van der Waals surface area contributed by atoms with Crippen LogP contribution in [0.5, 0.6) is 0 Å². The van der Waals surface area contributed by atoms with Crippen LogP contribution in [0.25, 0.3) is 16.5 Å². The Bertz CT molecular complexity index is 1250. The highest BCUT2D eigenvalue weighted by Crippen LogP contribution is 2.37. The number of hydrogen-bond donors (Lipinski definition) is 2. The molecular formula is C22H23N3O5S2. The zero-order chi connectivity index (χ0) is 22.7. The molecule has 0 bridgehead atoms. The molecule has 0 unspecified atom stereocenters. The van der Waals surface area contributed by atoms with E-state index < -0.39 is 15.9 Å². The second-order valence-electron chi connectivity index (χ2n) is 7.26. The third-order valence-corrected chi connectivity index (χ3v) is 8.48. The van der Waals surface area contributed by atoms with Crippen molar-refractivity contribution < 1.29 is 23.2 Å². The number of carbonyl (C=O) groups is 1. The Morgan fingerprint density at radius 1 is 1.19 bits per heavy atom. The van der Waals surface area contributed by atoms with E-state index in [0.29, 0.717) is 18.8 Å². The molecule has 2 aromatic heterocycles. The van der Waals surface area contributed by atoms with Crippen LogP contribution in [0, 0.1) is 6.92 Å². The first kappa shape index (κ1) is 22.3. The molecule has 1 fully saturated rings. The fourth-order valence-corrected chi connectivity index (χ4v) is 6.29. The molecular weight excluding hydrogens is 450 g/mol. The molecule has 4 rings (SSSR count). The van der Waals surface area contributed by atoms with Crippen molar-refractivity contribution in [2.75, 3.05) is 31.2 Å². The van der Waals surface area contributed by atoms with Crippen molar-refractivity contribution in [3.05, 3.63) is 66.0 Å². The minimum atomic E-state index is -3.77. The minimum absolute atomic E-state index is 0.225. The summed E-state index contributed by atoms with van der Waals surface area (Å²) in [7, 11) is -3.77. The fraction of sp³-hybridized carbons (Fsp3) is 0.227. The van der Waals surface area contributed by atoms with Crippen molar-refractivity contribution in [1.82, 2.24) is 9.45 Å². The van der Waals surface area contributed by atoms with Gasteiger partial charge in [0.1, 0.15) is 4.21 Å². The van der Waals surface area contributed by atoms with Crippen LogP contribution >= 0.6 is 11.3 Å². The summed E-state index contributed by atoms with van der Waals surface area (Å²) in [4.78, 5) is 14.3. The number of morpholine rings is 1. The Kier molecular flexibility index (Phi) is 6.47. The van der Waals surface area contributed by atoms with Gasteiger partial charge in [0, 0.05) is 42.1 Å². The molecule has 2 N–H and O–H groups in total. The van der Waals surface area contributed by atoms with Crippen molar-refractivity contribution in [3.63, 3.8) is 0 Å². The lowest BCUT2D eigenvalue weighted by atomic mass is 10.0. The largest absolute Gasteiger partial charge is 0.378 e. The number of benzene rings is 1. The highest BCUT2D eigenvalue weighted by molar-refractivity contribution is 7.92. The van der Waals surface area contributed by atoms with Gasteiger partial charge in [-0.1, -0.05) is 12.1 Å². The number of aromatic nitrogens is 1. The van der Waals surface area contributed by atoms with Crippen LogP contribution in [0.4, 0.5) is 5.69 Å². The van der Waals surface area contributed by atoms with E-state index in [1.54, 1.807) is 12.1 Å². The van der Waals surface area contributed by atoms with Crippen molar-refractivity contribution in [3.8, 4) is 10.4 Å². The average molecular weight is 474 g/mol. The number of hydrogen-bond acceptors (Lipinski definition) is 7. The van der Waals surface area contributed by atoms with Crippen LogP contribution in [-0.4, -0.2) is 49.8 Å². The van der Waals surface area contributed by atoms with Gasteiger partial charge in [-0.25, -0.2) is 9.45 Å². The van der Waals surface area contributed by atoms with Crippen LogP contribution in [0.3, 0.4) is 0 Å². The summed E-state index contributed by atoms with van der Waals surface area (Å²) in [6, 6.07) is 11.1. The predicted molar refractivity (Wildman–Crippen MR) is 124 cm³/mol. The first-order chi connectivity index (χ1) is 15.4. The maximum absolute atomic E-state index is 13.1. The molecule has 168 valence electrons. The molecule has 0 spiro atoms. The van der Waals surface area contributed by atoms with E-state index in [-0.39, 0.29) is 4.21 Å². The topological polar surface area (TPSA) is 101 Å². The Hall–Kier alpha value is -2.92. The number of rotatable bonds is 6. The highest BCUT2D eigenvalue weighted by atomic mass is 32.2. The molecule has 0 saturated carbocycles. The van der Waals surface area contributed by atoms with E-state index in [0.717, 1.165) is 44.8 Å². The standard InChI is InChI=1S/C22H23N3O5S2/c1-16-18(3-2-4-19(16)24-11-13-30-14-12-24)20-6-8-22(31-20)32(28,29)25-10-9-17(15-25)5-7-21(26)23-27/h2-10,15,27H,11-14H2,1H3,(H,23,26). The molecule has 10 heteroatoms. The molecule has 1 aliphatic heterocycles. The second kappa shape index (κ2) is 9.29. The van der Waals surface area contributed by atoms with Crippen LogP contribution in [0.15, 0.2) is 59.1 Å². The van der Waals surface area contributed by atoms with Gasteiger partial charge in [0.2, 0.25) is 0 Å². The van der Waals surface area contributed by atoms with E-state index in [1.165, 1.54) is 35.3 Å². The summed E-state index contributed by atoms with van der Waals surface area (Å²) in [5.41, 5.74) is 5.25. The van der Waals surface area contributed by atoms with Crippen molar-refractivity contribution in [2.45, 2.75) is 11.1 Å². The summed E-state index contributed by atoms with van der Waals surface area (Å²) >= 11 is 1.22. The molecule has 1 amide bonds. The first-order valence-electron chi connectivity index (χ1n) is 9.98. The number of hydroxylamine groups is 1. The molecule has 3 aromatic rings. The highest BCUT2D eigenvalue weighted by Gasteiger charge is 2.21. The number of ether oxygens (including phenoxy) is 1. The molecule has 8 nitrogen and oxygen atoms in total. The van der Waals surface area contributed by atoms with E-state index >= 15 is 0 Å². The molecule has 1 saturated heterocycles. The lowest BCUT2D eigenvalue weighted by Crippen LogP contribution is -2.36. The number of anilines is 1. The number of nitrogens with one attached hydrogen (secondary N) is 1. The molecule has 0 radical (unpaired) electrons. The van der Waals surface area contributed by atoms with Gasteiger partial charge >= 0.3 is 0 Å². The zero-order valence-electron chi connectivity index (χ0n) is 17.4. The summed E-state index contributed by atoms with van der Waals surface area (Å²) in [5.74, 6) is -0.696. The lowest BCUT2D eigenvalue weighted by Gasteiger charge is -2.30. The van der Waals surface area contributed by atoms with Crippen molar-refractivity contribution in [2.24, 2.45) is 0 Å². The SMILES string of the molecule is Cc1c(-c2ccc(S(=O)(=O)n3ccc(C=CC(=O)NO)c3)s2)cccc1N1CCOCC1. The number of carbonyl (C=O) groups excluding carboxylic acids is 1. The van der Waals surface area contributed by atoms with E-state index in [4.69, 9.17) is 9.94 Å². The number of thiophene rings is 1. The van der Waals surface area contributed by atoms with Crippen LogP contribution in [0.1, 0.15) is 11.1 Å². The zero-order valence-corrected chi connectivity index (χ0v) is 19.0. The average Bonchev–Trinajstić information content (AvgIpc) is 3.49. The monoisotopic (exact) mass is 473 g/mol. The third kappa shape index (κ3) is 4.49. The molecule has 32 heavy (non-hydrogen) atoms. The van der Waals surface area contributed by atoms with E-state index in [1.807, 2.05) is 18.2 Å². The third-order valence-electron chi connectivity index (χ3n) is 5.26. The maximum Gasteiger partial charge on any atom is 0.277 e. The maximum atomic E-state index is 13.1. The fourth-order valence-electron chi connectivity index (χ4n) is 3.59. The second-order valence-corrected chi connectivity index (χ2v) is 10.4. The normalized spacial score (nSPS) is 14.8. The van der Waals surface area contributed by atoms with E-state index in [9.17, 15) is 13.2 Å². The summed E-state index contributed by atoms with van der Waals surface area (Å²) in [6.07, 6.45) is 5.37. The van der Waals surface area contributed by atoms with Gasteiger partial charge in [0.05, 0.1) is 13.2 Å². The molecule has 3 heterocycles. The van der Waals surface area contributed by atoms with Gasteiger partial charge in [0.15, 0.2) is 0 Å². The van der Waals surface area contributed by atoms with E-state index in [2.05, 4.69) is 17.9 Å². The predicted octanol–water partition coefficient (Wildman–Crippen LogP) is 3.12. The summed E-state index contributed by atoms with van der Waals surface area (Å²) < 4.78 is 33.0. The van der Waals surface area contributed by atoms with Crippen molar-refractivity contribution in [1.29, 1.82) is 0 Å².